The van der Waals surface area contributed by atoms with Crippen molar-refractivity contribution in [2.24, 2.45) is 5.10 Å². The number of ether oxygens (including phenoxy) is 1. The second-order valence-electron chi connectivity index (χ2n) is 5.13. The van der Waals surface area contributed by atoms with E-state index in [9.17, 15) is 4.79 Å². The van der Waals surface area contributed by atoms with Crippen LogP contribution in [0.1, 0.15) is 38.8 Å². The van der Waals surface area contributed by atoms with Crippen LogP contribution in [0.5, 0.6) is 0 Å². The van der Waals surface area contributed by atoms with Gasteiger partial charge in [-0.25, -0.2) is 10.2 Å². The third-order valence-corrected chi connectivity index (χ3v) is 2.67. The van der Waals surface area contributed by atoms with Gasteiger partial charge in [0.1, 0.15) is 0 Å². The quantitative estimate of drug-likeness (QED) is 0.646. The van der Waals surface area contributed by atoms with Gasteiger partial charge in [0.15, 0.2) is 0 Å². The van der Waals surface area contributed by atoms with Gasteiger partial charge in [-0.1, -0.05) is 45.0 Å². The standard InChI is InChI=1S/C14H20N2O2/c1-10(15-16-13(17)18-5)11-6-8-12(9-7-11)14(2,3)4/h6-9H,1-5H3,(H,16,17)/b15-10+. The molecule has 1 aromatic carbocycles. The molecule has 0 aromatic heterocycles. The summed E-state index contributed by atoms with van der Waals surface area (Å²) in [5.74, 6) is 0. The summed E-state index contributed by atoms with van der Waals surface area (Å²) in [5, 5.41) is 3.95. The van der Waals surface area contributed by atoms with Crippen molar-refractivity contribution < 1.29 is 9.53 Å². The van der Waals surface area contributed by atoms with Crippen LogP contribution in [0.2, 0.25) is 0 Å². The molecule has 98 valence electrons. The Hall–Kier alpha value is -1.84. The second-order valence-corrected chi connectivity index (χ2v) is 5.13. The molecule has 0 saturated heterocycles. The maximum atomic E-state index is 10.9. The molecule has 0 atom stereocenters. The van der Waals surface area contributed by atoms with Crippen molar-refractivity contribution in [2.75, 3.05) is 7.11 Å². The first kappa shape index (κ1) is 14.2. The van der Waals surface area contributed by atoms with Crippen LogP contribution in [0.3, 0.4) is 0 Å². The zero-order valence-electron chi connectivity index (χ0n) is 11.6. The number of carbonyl (C=O) groups excluding carboxylic acids is 1. The van der Waals surface area contributed by atoms with Crippen LogP contribution < -0.4 is 5.43 Å². The number of carbonyl (C=O) groups is 1. The smallest absolute Gasteiger partial charge is 0.427 e. The van der Waals surface area contributed by atoms with Gasteiger partial charge in [-0.2, -0.15) is 5.10 Å². The number of hydrazone groups is 1. The van der Waals surface area contributed by atoms with Crippen molar-refractivity contribution in [1.82, 2.24) is 5.43 Å². The molecule has 18 heavy (non-hydrogen) atoms. The fourth-order valence-corrected chi connectivity index (χ4v) is 1.45. The zero-order chi connectivity index (χ0) is 13.8. The van der Waals surface area contributed by atoms with E-state index in [4.69, 9.17) is 0 Å². The van der Waals surface area contributed by atoms with E-state index in [1.807, 2.05) is 19.1 Å². The van der Waals surface area contributed by atoms with Crippen molar-refractivity contribution in [3.63, 3.8) is 0 Å². The molecule has 0 aliphatic heterocycles. The van der Waals surface area contributed by atoms with Gasteiger partial charge < -0.3 is 4.74 Å². The number of nitrogens with one attached hydrogen (secondary N) is 1. The number of rotatable bonds is 2. The highest BCUT2D eigenvalue weighted by molar-refractivity contribution is 5.99. The van der Waals surface area contributed by atoms with Gasteiger partial charge in [0.25, 0.3) is 0 Å². The Morgan fingerprint density at radius 1 is 1.22 bits per heavy atom. The molecule has 0 aliphatic carbocycles. The second kappa shape index (κ2) is 5.67. The SMILES string of the molecule is COC(=O)N/N=C(\C)c1ccc(C(C)(C)C)cc1. The molecule has 1 amide bonds. The van der Waals surface area contributed by atoms with Crippen LogP contribution >= 0.6 is 0 Å². The van der Waals surface area contributed by atoms with E-state index in [0.29, 0.717) is 0 Å². The van der Waals surface area contributed by atoms with E-state index in [1.54, 1.807) is 0 Å². The van der Waals surface area contributed by atoms with Gasteiger partial charge in [0.2, 0.25) is 0 Å². The van der Waals surface area contributed by atoms with Gasteiger partial charge in [-0.3, -0.25) is 0 Å². The van der Waals surface area contributed by atoms with Gasteiger partial charge >= 0.3 is 6.09 Å². The zero-order valence-corrected chi connectivity index (χ0v) is 11.6. The maximum absolute atomic E-state index is 10.9. The van der Waals surface area contributed by atoms with Gasteiger partial charge in [0.05, 0.1) is 12.8 Å². The summed E-state index contributed by atoms with van der Waals surface area (Å²) >= 11 is 0. The molecule has 0 bridgehead atoms. The highest BCUT2D eigenvalue weighted by atomic mass is 16.5. The first-order valence-corrected chi connectivity index (χ1v) is 5.84. The number of methoxy groups -OCH3 is 1. The Bertz CT molecular complexity index is 442. The lowest BCUT2D eigenvalue weighted by Crippen LogP contribution is -2.18. The number of amides is 1. The molecule has 1 N–H and O–H groups in total. The lowest BCUT2D eigenvalue weighted by atomic mass is 9.86. The van der Waals surface area contributed by atoms with Crippen molar-refractivity contribution >= 4 is 11.8 Å². The van der Waals surface area contributed by atoms with Crippen molar-refractivity contribution in [3.05, 3.63) is 35.4 Å². The summed E-state index contributed by atoms with van der Waals surface area (Å²) in [4.78, 5) is 10.9. The molecule has 4 heteroatoms. The van der Waals surface area contributed by atoms with E-state index >= 15 is 0 Å². The van der Waals surface area contributed by atoms with Crippen LogP contribution in [0, 0.1) is 0 Å². The van der Waals surface area contributed by atoms with E-state index in [1.165, 1.54) is 12.7 Å². The monoisotopic (exact) mass is 248 g/mol. The number of hydrogen-bond acceptors (Lipinski definition) is 3. The van der Waals surface area contributed by atoms with E-state index < -0.39 is 6.09 Å². The molecule has 0 radical (unpaired) electrons. The molecule has 1 aromatic rings. The molecule has 0 spiro atoms. The Morgan fingerprint density at radius 2 is 1.78 bits per heavy atom. The van der Waals surface area contributed by atoms with Gasteiger partial charge in [-0.15, -0.1) is 0 Å². The molecular formula is C14H20N2O2. The average molecular weight is 248 g/mol. The van der Waals surface area contributed by atoms with Gasteiger partial charge in [-0.05, 0) is 23.5 Å². The first-order chi connectivity index (χ1) is 8.34. The predicted molar refractivity (Wildman–Crippen MR) is 72.9 cm³/mol. The average Bonchev–Trinajstić information content (AvgIpc) is 2.34. The molecule has 1 rings (SSSR count). The van der Waals surface area contributed by atoms with Crippen LogP contribution in [0.25, 0.3) is 0 Å². The van der Waals surface area contributed by atoms with E-state index in [2.05, 4.69) is 48.2 Å². The lowest BCUT2D eigenvalue weighted by molar-refractivity contribution is 0.171. The van der Waals surface area contributed by atoms with Crippen molar-refractivity contribution in [2.45, 2.75) is 33.1 Å². The molecule has 0 heterocycles. The predicted octanol–water partition coefficient (Wildman–Crippen LogP) is 3.06. The Balaban J connectivity index is 2.82. The Kier molecular flexibility index (Phi) is 4.48. The van der Waals surface area contributed by atoms with Crippen molar-refractivity contribution in [1.29, 1.82) is 0 Å². The van der Waals surface area contributed by atoms with E-state index in [-0.39, 0.29) is 5.41 Å². The molecule has 0 unspecified atom stereocenters. The summed E-state index contributed by atoms with van der Waals surface area (Å²) in [6, 6.07) is 8.15. The summed E-state index contributed by atoms with van der Waals surface area (Å²) < 4.78 is 4.44. The minimum absolute atomic E-state index is 0.133. The van der Waals surface area contributed by atoms with Gasteiger partial charge in [0, 0.05) is 0 Å². The summed E-state index contributed by atoms with van der Waals surface area (Å²) in [6.07, 6.45) is -0.569. The summed E-state index contributed by atoms with van der Waals surface area (Å²) in [7, 11) is 1.30. The fourth-order valence-electron chi connectivity index (χ4n) is 1.45. The van der Waals surface area contributed by atoms with Crippen LogP contribution in [0.15, 0.2) is 29.4 Å². The lowest BCUT2D eigenvalue weighted by Gasteiger charge is -2.19. The van der Waals surface area contributed by atoms with Crippen molar-refractivity contribution in [3.8, 4) is 0 Å². The number of hydrogen-bond donors (Lipinski definition) is 1. The molecule has 0 fully saturated rings. The number of benzene rings is 1. The van der Waals surface area contributed by atoms with Crippen LogP contribution in [-0.2, 0) is 10.2 Å². The molecule has 4 nitrogen and oxygen atoms in total. The minimum atomic E-state index is -0.569. The Morgan fingerprint density at radius 3 is 2.22 bits per heavy atom. The topological polar surface area (TPSA) is 50.7 Å². The van der Waals surface area contributed by atoms with Crippen LogP contribution in [-0.4, -0.2) is 18.9 Å². The third kappa shape index (κ3) is 3.87. The molecular weight excluding hydrogens is 228 g/mol. The third-order valence-electron chi connectivity index (χ3n) is 2.67. The first-order valence-electron chi connectivity index (χ1n) is 5.84. The summed E-state index contributed by atoms with van der Waals surface area (Å²) in [6.45, 7) is 8.34. The molecule has 0 aliphatic rings. The highest BCUT2D eigenvalue weighted by Crippen LogP contribution is 2.22. The maximum Gasteiger partial charge on any atom is 0.427 e. The van der Waals surface area contributed by atoms with Crippen LogP contribution in [0.4, 0.5) is 4.79 Å². The molecule has 0 saturated carbocycles. The number of nitrogens with zero attached hydrogens (tertiary/aromatic N) is 1. The van der Waals surface area contributed by atoms with E-state index in [0.717, 1.165) is 11.3 Å². The fraction of sp³-hybridized carbons (Fsp3) is 0.429. The highest BCUT2D eigenvalue weighted by Gasteiger charge is 2.13. The summed E-state index contributed by atoms with van der Waals surface area (Å²) in [5.41, 5.74) is 5.41. The normalized spacial score (nSPS) is 12.2. The minimum Gasteiger partial charge on any atom is -0.452 e. The largest absolute Gasteiger partial charge is 0.452 e. The Labute approximate surface area is 108 Å².